The first-order valence-electron chi connectivity index (χ1n) is 6.99. The molecule has 1 aliphatic heterocycles. The summed E-state index contributed by atoms with van der Waals surface area (Å²) < 4.78 is 5.52. The van der Waals surface area contributed by atoms with Crippen molar-refractivity contribution in [2.75, 3.05) is 13.7 Å². The Morgan fingerprint density at radius 3 is 2.95 bits per heavy atom. The van der Waals surface area contributed by atoms with Gasteiger partial charge in [0.1, 0.15) is 5.75 Å². The van der Waals surface area contributed by atoms with E-state index in [0.717, 1.165) is 31.5 Å². The van der Waals surface area contributed by atoms with Gasteiger partial charge < -0.3 is 9.64 Å². The third-order valence-electron chi connectivity index (χ3n) is 5.41. The number of rotatable bonds is 2. The second kappa shape index (κ2) is 4.26. The summed E-state index contributed by atoms with van der Waals surface area (Å²) in [6.07, 6.45) is 2.96. The second-order valence-electron chi connectivity index (χ2n) is 6.06. The number of amides is 1. The van der Waals surface area contributed by atoms with Crippen LogP contribution in [-0.4, -0.2) is 31.0 Å². The van der Waals surface area contributed by atoms with E-state index in [1.54, 1.807) is 7.11 Å². The fourth-order valence-electron chi connectivity index (χ4n) is 3.98. The van der Waals surface area contributed by atoms with Gasteiger partial charge in [-0.15, -0.1) is 0 Å². The van der Waals surface area contributed by atoms with E-state index in [1.807, 2.05) is 11.0 Å². The molecule has 1 aromatic carbocycles. The Morgan fingerprint density at radius 2 is 2.26 bits per heavy atom. The molecule has 1 amide bonds. The zero-order valence-electron chi connectivity index (χ0n) is 11.8. The SMILES string of the molecule is COc1cccc2c1C[C@H]1C(C)[C@@]2(C)CCN1C=O. The van der Waals surface area contributed by atoms with Crippen LogP contribution < -0.4 is 4.74 Å². The highest BCUT2D eigenvalue weighted by molar-refractivity contribution is 5.53. The molecule has 3 atom stereocenters. The number of likely N-dealkylation sites (tertiary alicyclic amines) is 1. The molecular formula is C16H21NO2. The smallest absolute Gasteiger partial charge is 0.209 e. The normalized spacial score (nSPS) is 32.7. The number of ether oxygens (including phenoxy) is 1. The van der Waals surface area contributed by atoms with Crippen molar-refractivity contribution in [3.63, 3.8) is 0 Å². The molecular weight excluding hydrogens is 238 g/mol. The van der Waals surface area contributed by atoms with Gasteiger partial charge in [-0.25, -0.2) is 0 Å². The maximum Gasteiger partial charge on any atom is 0.209 e. The largest absolute Gasteiger partial charge is 0.496 e. The van der Waals surface area contributed by atoms with Crippen molar-refractivity contribution >= 4 is 6.41 Å². The fraction of sp³-hybridized carbons (Fsp3) is 0.562. The van der Waals surface area contributed by atoms with Crippen LogP contribution in [0.5, 0.6) is 5.75 Å². The molecule has 1 saturated heterocycles. The van der Waals surface area contributed by atoms with Gasteiger partial charge in [-0.2, -0.15) is 0 Å². The van der Waals surface area contributed by atoms with E-state index in [0.29, 0.717) is 12.0 Å². The van der Waals surface area contributed by atoms with Crippen molar-refractivity contribution in [1.82, 2.24) is 4.90 Å². The minimum absolute atomic E-state index is 0.159. The highest BCUT2D eigenvalue weighted by atomic mass is 16.5. The molecule has 0 spiro atoms. The summed E-state index contributed by atoms with van der Waals surface area (Å²) >= 11 is 0. The monoisotopic (exact) mass is 259 g/mol. The van der Waals surface area contributed by atoms with Gasteiger partial charge in [0.2, 0.25) is 6.41 Å². The third kappa shape index (κ3) is 1.60. The fourth-order valence-corrected chi connectivity index (χ4v) is 3.98. The molecule has 1 unspecified atom stereocenters. The van der Waals surface area contributed by atoms with Gasteiger partial charge in [0.25, 0.3) is 0 Å². The van der Waals surface area contributed by atoms with Gasteiger partial charge in [0.05, 0.1) is 7.11 Å². The van der Waals surface area contributed by atoms with Crippen LogP contribution in [0.25, 0.3) is 0 Å². The molecule has 2 bridgehead atoms. The Hall–Kier alpha value is -1.51. The molecule has 0 saturated carbocycles. The zero-order chi connectivity index (χ0) is 13.6. The average molecular weight is 259 g/mol. The minimum atomic E-state index is 0.159. The number of methoxy groups -OCH3 is 1. The lowest BCUT2D eigenvalue weighted by Gasteiger charge is -2.53. The van der Waals surface area contributed by atoms with Crippen LogP contribution in [0.3, 0.4) is 0 Å². The summed E-state index contributed by atoms with van der Waals surface area (Å²) in [6, 6.07) is 6.66. The average Bonchev–Trinajstić information content (AvgIpc) is 2.42. The van der Waals surface area contributed by atoms with E-state index in [2.05, 4.69) is 26.0 Å². The van der Waals surface area contributed by atoms with E-state index in [1.165, 1.54) is 11.1 Å². The van der Waals surface area contributed by atoms with Crippen molar-refractivity contribution in [3.8, 4) is 5.75 Å². The van der Waals surface area contributed by atoms with Crippen molar-refractivity contribution in [1.29, 1.82) is 0 Å². The van der Waals surface area contributed by atoms with Crippen molar-refractivity contribution < 1.29 is 9.53 Å². The molecule has 3 rings (SSSR count). The molecule has 1 aromatic rings. The van der Waals surface area contributed by atoms with Crippen LogP contribution in [0.1, 0.15) is 31.4 Å². The first-order chi connectivity index (χ1) is 9.11. The Labute approximate surface area is 114 Å². The number of benzene rings is 1. The summed E-state index contributed by atoms with van der Waals surface area (Å²) in [7, 11) is 1.73. The van der Waals surface area contributed by atoms with Crippen molar-refractivity contribution in [2.45, 2.75) is 38.1 Å². The number of carbonyl (C=O) groups excluding carboxylic acids is 1. The highest BCUT2D eigenvalue weighted by Gasteiger charge is 2.48. The first-order valence-corrected chi connectivity index (χ1v) is 6.99. The number of hydrogen-bond donors (Lipinski definition) is 0. The lowest BCUT2D eigenvalue weighted by atomic mass is 9.59. The zero-order valence-corrected chi connectivity index (χ0v) is 11.8. The van der Waals surface area contributed by atoms with E-state index < -0.39 is 0 Å². The molecule has 0 aromatic heterocycles. The number of carbonyl (C=O) groups is 1. The summed E-state index contributed by atoms with van der Waals surface area (Å²) in [5, 5.41) is 0. The van der Waals surface area contributed by atoms with E-state index >= 15 is 0 Å². The number of piperidine rings is 1. The molecule has 2 aliphatic rings. The maximum atomic E-state index is 11.3. The highest BCUT2D eigenvalue weighted by Crippen LogP contribution is 2.50. The molecule has 102 valence electrons. The van der Waals surface area contributed by atoms with Gasteiger partial charge in [-0.05, 0) is 41.4 Å². The van der Waals surface area contributed by atoms with E-state index in [9.17, 15) is 4.79 Å². The maximum absolute atomic E-state index is 11.3. The first kappa shape index (κ1) is 12.5. The lowest BCUT2D eigenvalue weighted by molar-refractivity contribution is -0.124. The van der Waals surface area contributed by atoms with Crippen LogP contribution in [0.2, 0.25) is 0 Å². The van der Waals surface area contributed by atoms with Crippen LogP contribution in [0.4, 0.5) is 0 Å². The van der Waals surface area contributed by atoms with Crippen LogP contribution in [0.15, 0.2) is 18.2 Å². The number of hydrogen-bond acceptors (Lipinski definition) is 2. The van der Waals surface area contributed by atoms with E-state index in [4.69, 9.17) is 4.74 Å². The van der Waals surface area contributed by atoms with Crippen LogP contribution in [0, 0.1) is 5.92 Å². The Balaban J connectivity index is 2.16. The summed E-state index contributed by atoms with van der Waals surface area (Å²) in [6.45, 7) is 5.48. The third-order valence-corrected chi connectivity index (χ3v) is 5.41. The Morgan fingerprint density at radius 1 is 1.47 bits per heavy atom. The second-order valence-corrected chi connectivity index (χ2v) is 6.06. The summed E-state index contributed by atoms with van der Waals surface area (Å²) in [4.78, 5) is 13.2. The Kier molecular flexibility index (Phi) is 2.80. The quantitative estimate of drug-likeness (QED) is 0.763. The van der Waals surface area contributed by atoms with Gasteiger partial charge in [0, 0.05) is 12.6 Å². The minimum Gasteiger partial charge on any atom is -0.496 e. The molecule has 19 heavy (non-hydrogen) atoms. The molecule has 3 heteroatoms. The standard InChI is InChI=1S/C16H21NO2/c1-11-14-9-12-13(5-4-6-15(12)19-3)16(11,2)7-8-17(14)10-18/h4-6,10-11,14H,7-9H2,1-3H3/t11?,14-,16+/m0/s1. The predicted molar refractivity (Wildman–Crippen MR) is 74.4 cm³/mol. The van der Waals surface area contributed by atoms with Crippen molar-refractivity contribution in [3.05, 3.63) is 29.3 Å². The molecule has 0 radical (unpaired) electrons. The van der Waals surface area contributed by atoms with Crippen LogP contribution >= 0.6 is 0 Å². The van der Waals surface area contributed by atoms with Gasteiger partial charge >= 0.3 is 0 Å². The summed E-state index contributed by atoms with van der Waals surface area (Å²) in [5.74, 6) is 1.46. The van der Waals surface area contributed by atoms with Gasteiger partial charge in [0.15, 0.2) is 0 Å². The van der Waals surface area contributed by atoms with Gasteiger partial charge in [-0.1, -0.05) is 26.0 Å². The summed E-state index contributed by atoms with van der Waals surface area (Å²) in [5.41, 5.74) is 2.87. The topological polar surface area (TPSA) is 29.5 Å². The Bertz CT molecular complexity index is 513. The molecule has 1 aliphatic carbocycles. The molecule has 1 fully saturated rings. The van der Waals surface area contributed by atoms with E-state index in [-0.39, 0.29) is 5.41 Å². The molecule has 1 heterocycles. The van der Waals surface area contributed by atoms with Gasteiger partial charge in [-0.3, -0.25) is 4.79 Å². The van der Waals surface area contributed by atoms with Crippen LogP contribution in [-0.2, 0) is 16.6 Å². The number of nitrogens with zero attached hydrogens (tertiary/aromatic N) is 1. The van der Waals surface area contributed by atoms with Crippen molar-refractivity contribution in [2.24, 2.45) is 5.92 Å². The molecule has 3 nitrogen and oxygen atoms in total. The molecule has 0 N–H and O–H groups in total. The number of fused-ring (bicyclic) bond motifs is 4. The lowest BCUT2D eigenvalue weighted by Crippen LogP contribution is -2.57. The predicted octanol–water partition coefficient (Wildman–Crippen LogP) is 2.38.